The molecule has 2 aromatic carbocycles. The molecule has 5 rings (SSSR count). The summed E-state index contributed by atoms with van der Waals surface area (Å²) in [5, 5.41) is 15.9. The lowest BCUT2D eigenvalue weighted by molar-refractivity contribution is 0.391. The third-order valence-corrected chi connectivity index (χ3v) is 6.28. The molecule has 8 heteroatoms. The summed E-state index contributed by atoms with van der Waals surface area (Å²) in [5.74, 6) is 2.55. The van der Waals surface area contributed by atoms with E-state index in [4.69, 9.17) is 4.52 Å². The summed E-state index contributed by atoms with van der Waals surface area (Å²) >= 11 is 3.20. The molecule has 0 bridgehead atoms. The van der Waals surface area contributed by atoms with Gasteiger partial charge in [-0.2, -0.15) is 4.98 Å². The molecule has 0 aliphatic heterocycles. The smallest absolute Gasteiger partial charge is 0.237 e. The maximum absolute atomic E-state index is 5.44. The van der Waals surface area contributed by atoms with E-state index in [1.165, 1.54) is 5.56 Å². The van der Waals surface area contributed by atoms with Crippen molar-refractivity contribution in [2.75, 3.05) is 0 Å². The van der Waals surface area contributed by atoms with Gasteiger partial charge in [0.15, 0.2) is 11.0 Å². The first-order valence-corrected chi connectivity index (χ1v) is 11.2. The maximum atomic E-state index is 5.44. The van der Waals surface area contributed by atoms with Crippen molar-refractivity contribution in [1.29, 1.82) is 0 Å². The van der Waals surface area contributed by atoms with Crippen molar-refractivity contribution in [3.8, 4) is 22.1 Å². The van der Waals surface area contributed by atoms with Crippen LogP contribution in [0.4, 0.5) is 0 Å². The summed E-state index contributed by atoms with van der Waals surface area (Å²) in [6.45, 7) is 0.697. The van der Waals surface area contributed by atoms with Crippen LogP contribution in [0.5, 0.6) is 0 Å². The van der Waals surface area contributed by atoms with Gasteiger partial charge in [0.25, 0.3) is 0 Å². The molecular weight excluding hydrogens is 414 g/mol. The van der Waals surface area contributed by atoms with Gasteiger partial charge in [0.2, 0.25) is 11.7 Å². The highest BCUT2D eigenvalue weighted by molar-refractivity contribution is 7.98. The number of thiophene rings is 1. The Morgan fingerprint density at radius 3 is 2.47 bits per heavy atom. The second-order valence-electron chi connectivity index (χ2n) is 6.52. The molecule has 6 nitrogen and oxygen atoms in total. The number of nitrogens with zero attached hydrogens (tertiary/aromatic N) is 5. The molecule has 0 fully saturated rings. The van der Waals surface area contributed by atoms with Crippen LogP contribution >= 0.6 is 23.1 Å². The van der Waals surface area contributed by atoms with Crippen LogP contribution in [0.15, 0.2) is 87.9 Å². The Balaban J connectivity index is 1.39. The van der Waals surface area contributed by atoms with E-state index in [0.717, 1.165) is 21.4 Å². The molecule has 0 N–H and O–H groups in total. The number of aromatic nitrogens is 5. The van der Waals surface area contributed by atoms with Gasteiger partial charge in [-0.15, -0.1) is 21.5 Å². The maximum Gasteiger partial charge on any atom is 0.237 e. The predicted octanol–water partition coefficient (Wildman–Crippen LogP) is 5.40. The molecule has 0 aliphatic rings. The Kier molecular flexibility index (Phi) is 5.41. The lowest BCUT2D eigenvalue weighted by Crippen LogP contribution is -2.03. The third-order valence-electron chi connectivity index (χ3n) is 4.47. The second-order valence-corrected chi connectivity index (χ2v) is 8.41. The van der Waals surface area contributed by atoms with Crippen LogP contribution in [0.3, 0.4) is 0 Å². The van der Waals surface area contributed by atoms with E-state index in [9.17, 15) is 0 Å². The van der Waals surface area contributed by atoms with E-state index in [1.807, 2.05) is 60.0 Å². The van der Waals surface area contributed by atoms with E-state index in [0.29, 0.717) is 24.0 Å². The van der Waals surface area contributed by atoms with Crippen LogP contribution in [0, 0.1) is 0 Å². The van der Waals surface area contributed by atoms with Gasteiger partial charge in [-0.1, -0.05) is 83.6 Å². The van der Waals surface area contributed by atoms with E-state index in [-0.39, 0.29) is 0 Å². The van der Waals surface area contributed by atoms with E-state index < -0.39 is 0 Å². The van der Waals surface area contributed by atoms with Gasteiger partial charge in [-0.05, 0) is 17.0 Å². The fourth-order valence-corrected chi connectivity index (χ4v) is 4.53. The van der Waals surface area contributed by atoms with Crippen LogP contribution in [-0.2, 0) is 12.3 Å². The van der Waals surface area contributed by atoms with Crippen molar-refractivity contribution >= 4 is 23.1 Å². The Morgan fingerprint density at radius 1 is 0.900 bits per heavy atom. The van der Waals surface area contributed by atoms with E-state index in [2.05, 4.69) is 43.1 Å². The average molecular weight is 432 g/mol. The average Bonchev–Trinajstić information content (AvgIpc) is 3.55. The first-order chi connectivity index (χ1) is 14.9. The Labute approximate surface area is 181 Å². The molecule has 3 aromatic heterocycles. The van der Waals surface area contributed by atoms with Crippen LogP contribution in [0.1, 0.15) is 11.5 Å². The zero-order valence-corrected chi connectivity index (χ0v) is 17.5. The monoisotopic (exact) mass is 431 g/mol. The lowest BCUT2D eigenvalue weighted by atomic mass is 10.2. The van der Waals surface area contributed by atoms with Crippen LogP contribution in [0.2, 0.25) is 0 Å². The zero-order valence-electron chi connectivity index (χ0n) is 15.9. The molecule has 0 unspecified atom stereocenters. The van der Waals surface area contributed by atoms with Gasteiger partial charge in [0.05, 0.1) is 17.2 Å². The van der Waals surface area contributed by atoms with E-state index in [1.54, 1.807) is 23.1 Å². The number of benzene rings is 2. The second kappa shape index (κ2) is 8.64. The summed E-state index contributed by atoms with van der Waals surface area (Å²) in [6.07, 6.45) is 0. The quantitative estimate of drug-likeness (QED) is 0.322. The Bertz CT molecular complexity index is 1220. The molecule has 0 spiro atoms. The number of rotatable bonds is 7. The van der Waals surface area contributed by atoms with Gasteiger partial charge in [0, 0.05) is 5.56 Å². The molecule has 0 amide bonds. The van der Waals surface area contributed by atoms with Crippen molar-refractivity contribution in [1.82, 2.24) is 24.9 Å². The molecule has 3 heterocycles. The standard InChI is InChI=1S/C22H17N5OS2/c1-3-8-16(9-4-1)14-27-21(18-12-7-13-29-18)24-25-22(27)30-15-19-23-20(26-28-19)17-10-5-2-6-11-17/h1-13H,14-15H2. The SMILES string of the molecule is c1ccc(Cn2c(SCc3nc(-c4ccccc4)no3)nnc2-c2cccs2)cc1. The molecule has 30 heavy (non-hydrogen) atoms. The molecule has 0 saturated heterocycles. The summed E-state index contributed by atoms with van der Waals surface area (Å²) < 4.78 is 7.58. The van der Waals surface area contributed by atoms with Crippen molar-refractivity contribution in [2.24, 2.45) is 0 Å². The molecule has 0 atom stereocenters. The van der Waals surface area contributed by atoms with Gasteiger partial charge in [-0.3, -0.25) is 4.57 Å². The molecule has 148 valence electrons. The van der Waals surface area contributed by atoms with Gasteiger partial charge < -0.3 is 4.52 Å². The van der Waals surface area contributed by atoms with Gasteiger partial charge >= 0.3 is 0 Å². The van der Waals surface area contributed by atoms with E-state index >= 15 is 0 Å². The molecule has 0 saturated carbocycles. The highest BCUT2D eigenvalue weighted by Gasteiger charge is 2.17. The first-order valence-electron chi connectivity index (χ1n) is 9.38. The van der Waals surface area contributed by atoms with Gasteiger partial charge in [-0.25, -0.2) is 0 Å². The fraction of sp³-hybridized carbons (Fsp3) is 0.0909. The highest BCUT2D eigenvalue weighted by Crippen LogP contribution is 2.29. The minimum atomic E-state index is 0.525. The normalized spacial score (nSPS) is 11.1. The van der Waals surface area contributed by atoms with Crippen LogP contribution in [0.25, 0.3) is 22.1 Å². The predicted molar refractivity (Wildman–Crippen MR) is 118 cm³/mol. The minimum Gasteiger partial charge on any atom is -0.338 e. The lowest BCUT2D eigenvalue weighted by Gasteiger charge is -2.09. The first kappa shape index (κ1) is 18.8. The largest absolute Gasteiger partial charge is 0.338 e. The number of hydrogen-bond donors (Lipinski definition) is 0. The molecular formula is C22H17N5OS2. The Hall–Kier alpha value is -3.23. The molecule has 5 aromatic rings. The Morgan fingerprint density at radius 2 is 1.70 bits per heavy atom. The number of thioether (sulfide) groups is 1. The summed E-state index contributed by atoms with van der Waals surface area (Å²) in [7, 11) is 0. The molecule has 0 radical (unpaired) electrons. The van der Waals surface area contributed by atoms with Crippen LogP contribution in [-0.4, -0.2) is 24.9 Å². The van der Waals surface area contributed by atoms with Crippen molar-refractivity contribution in [3.63, 3.8) is 0 Å². The zero-order chi connectivity index (χ0) is 20.2. The van der Waals surface area contributed by atoms with Gasteiger partial charge in [0.1, 0.15) is 0 Å². The fourth-order valence-electron chi connectivity index (χ4n) is 3.04. The minimum absolute atomic E-state index is 0.525. The van der Waals surface area contributed by atoms with Crippen molar-refractivity contribution in [3.05, 3.63) is 89.6 Å². The summed E-state index contributed by atoms with van der Waals surface area (Å²) in [4.78, 5) is 5.60. The number of hydrogen-bond acceptors (Lipinski definition) is 7. The summed E-state index contributed by atoms with van der Waals surface area (Å²) in [6, 6.07) is 24.2. The topological polar surface area (TPSA) is 69.6 Å². The van der Waals surface area contributed by atoms with Crippen LogP contribution < -0.4 is 0 Å². The molecule has 0 aliphatic carbocycles. The highest BCUT2D eigenvalue weighted by atomic mass is 32.2. The summed E-state index contributed by atoms with van der Waals surface area (Å²) in [5.41, 5.74) is 2.13. The van der Waals surface area contributed by atoms with Crippen molar-refractivity contribution < 1.29 is 4.52 Å². The third kappa shape index (κ3) is 4.05. The van der Waals surface area contributed by atoms with Crippen molar-refractivity contribution in [2.45, 2.75) is 17.5 Å².